The van der Waals surface area contributed by atoms with Gasteiger partial charge in [-0.25, -0.2) is 22.4 Å². The smallest absolute Gasteiger partial charge is 0.341 e. The topological polar surface area (TPSA) is 77.8 Å². The normalized spacial score (nSPS) is 14.2. The molecule has 0 amide bonds. The monoisotopic (exact) mass is 314 g/mol. The molecule has 112 valence electrons. The lowest BCUT2D eigenvalue weighted by molar-refractivity contribution is 0.0120. The Balaban J connectivity index is 3.47. The number of rotatable bonds is 5. The molecule has 20 heavy (non-hydrogen) atoms. The SMILES string of the molecule is O=C(O)c1c(F)c(F)c(C(O)C(O)CCS)c(F)c1F. The zero-order chi connectivity index (χ0) is 15.6. The number of carbonyl (C=O) groups is 1. The molecule has 0 heterocycles. The van der Waals surface area contributed by atoms with Crippen LogP contribution >= 0.6 is 12.6 Å². The van der Waals surface area contributed by atoms with Crippen molar-refractivity contribution in [2.24, 2.45) is 0 Å². The molecule has 2 unspecified atom stereocenters. The van der Waals surface area contributed by atoms with Gasteiger partial charge in [-0.1, -0.05) is 0 Å². The third-order valence-corrected chi connectivity index (χ3v) is 2.85. The first kappa shape index (κ1) is 16.7. The van der Waals surface area contributed by atoms with Gasteiger partial charge in [0.1, 0.15) is 11.7 Å². The Bertz CT molecular complexity index is 509. The van der Waals surface area contributed by atoms with Crippen molar-refractivity contribution in [2.45, 2.75) is 18.6 Å². The Morgan fingerprint density at radius 1 is 1.05 bits per heavy atom. The van der Waals surface area contributed by atoms with E-state index in [1.807, 2.05) is 0 Å². The predicted octanol–water partition coefficient (Wildman–Crippen LogP) is 1.66. The van der Waals surface area contributed by atoms with Gasteiger partial charge in [-0.2, -0.15) is 12.6 Å². The number of carboxylic acids is 1. The first-order valence-electron chi connectivity index (χ1n) is 5.30. The largest absolute Gasteiger partial charge is 0.477 e. The van der Waals surface area contributed by atoms with Crippen molar-refractivity contribution >= 4 is 18.6 Å². The zero-order valence-electron chi connectivity index (χ0n) is 9.78. The maximum Gasteiger partial charge on any atom is 0.341 e. The van der Waals surface area contributed by atoms with Gasteiger partial charge >= 0.3 is 5.97 Å². The van der Waals surface area contributed by atoms with Crippen LogP contribution in [0.25, 0.3) is 0 Å². The third kappa shape index (κ3) is 2.89. The van der Waals surface area contributed by atoms with Gasteiger partial charge in [-0.3, -0.25) is 0 Å². The maximum atomic E-state index is 13.6. The lowest BCUT2D eigenvalue weighted by atomic mass is 9.98. The molecule has 1 rings (SSSR count). The summed E-state index contributed by atoms with van der Waals surface area (Å²) in [6, 6.07) is 0. The van der Waals surface area contributed by atoms with Crippen LogP contribution < -0.4 is 0 Å². The van der Waals surface area contributed by atoms with E-state index in [4.69, 9.17) is 5.11 Å². The molecule has 0 aliphatic rings. The van der Waals surface area contributed by atoms with Crippen LogP contribution in [0.5, 0.6) is 0 Å². The Morgan fingerprint density at radius 2 is 1.50 bits per heavy atom. The fourth-order valence-corrected chi connectivity index (χ4v) is 1.84. The summed E-state index contributed by atoms with van der Waals surface area (Å²) in [6.07, 6.45) is -4.17. The van der Waals surface area contributed by atoms with Crippen LogP contribution in [0.3, 0.4) is 0 Å². The Morgan fingerprint density at radius 3 is 1.85 bits per heavy atom. The van der Waals surface area contributed by atoms with E-state index in [1.54, 1.807) is 0 Å². The van der Waals surface area contributed by atoms with Crippen molar-refractivity contribution in [3.05, 3.63) is 34.4 Å². The van der Waals surface area contributed by atoms with Crippen LogP contribution in [0.1, 0.15) is 28.4 Å². The summed E-state index contributed by atoms with van der Waals surface area (Å²) in [4.78, 5) is 10.5. The minimum atomic E-state index is -2.26. The number of aromatic carboxylic acids is 1. The molecule has 3 N–H and O–H groups in total. The fourth-order valence-electron chi connectivity index (χ4n) is 1.58. The Hall–Kier alpha value is -1.32. The van der Waals surface area contributed by atoms with Gasteiger partial charge in [0.15, 0.2) is 23.3 Å². The highest BCUT2D eigenvalue weighted by atomic mass is 32.1. The molecule has 1 aromatic carbocycles. The molecular weight excluding hydrogens is 304 g/mol. The highest BCUT2D eigenvalue weighted by Crippen LogP contribution is 2.31. The lowest BCUT2D eigenvalue weighted by Gasteiger charge is -2.19. The van der Waals surface area contributed by atoms with E-state index in [-0.39, 0.29) is 12.2 Å². The molecule has 1 aromatic rings. The highest BCUT2D eigenvalue weighted by Gasteiger charge is 2.34. The van der Waals surface area contributed by atoms with Gasteiger partial charge in [-0.15, -0.1) is 0 Å². The van der Waals surface area contributed by atoms with Crippen molar-refractivity contribution in [3.63, 3.8) is 0 Å². The van der Waals surface area contributed by atoms with Gasteiger partial charge in [-0.05, 0) is 12.2 Å². The van der Waals surface area contributed by atoms with E-state index < -0.39 is 52.6 Å². The summed E-state index contributed by atoms with van der Waals surface area (Å²) < 4.78 is 53.9. The number of halogens is 4. The molecule has 9 heteroatoms. The molecule has 0 saturated heterocycles. The van der Waals surface area contributed by atoms with Crippen molar-refractivity contribution < 1.29 is 37.7 Å². The average Bonchev–Trinajstić information content (AvgIpc) is 2.36. The summed E-state index contributed by atoms with van der Waals surface area (Å²) >= 11 is 3.72. The molecule has 4 nitrogen and oxygen atoms in total. The van der Waals surface area contributed by atoms with E-state index >= 15 is 0 Å². The van der Waals surface area contributed by atoms with E-state index in [0.717, 1.165) is 0 Å². The molecule has 0 aliphatic heterocycles. The number of carboxylic acid groups (broad SMARTS) is 1. The predicted molar refractivity (Wildman–Crippen MR) is 62.7 cm³/mol. The van der Waals surface area contributed by atoms with Gasteiger partial charge in [0.2, 0.25) is 0 Å². The standard InChI is InChI=1S/C11H10F4O4S/c12-6-4(10(17)3(16)1-2-20)7(13)9(15)5(8(6)14)11(18)19/h3,10,16-17,20H,1-2H2,(H,18,19). The van der Waals surface area contributed by atoms with E-state index in [9.17, 15) is 32.6 Å². The number of hydrogen-bond donors (Lipinski definition) is 4. The Kier molecular flexibility index (Phi) is 5.37. The second-order valence-electron chi connectivity index (χ2n) is 3.87. The van der Waals surface area contributed by atoms with Gasteiger partial charge in [0, 0.05) is 0 Å². The highest BCUT2D eigenvalue weighted by molar-refractivity contribution is 7.80. The number of aliphatic hydroxyl groups excluding tert-OH is 2. The molecule has 0 radical (unpaired) electrons. The van der Waals surface area contributed by atoms with Crippen molar-refractivity contribution in [1.82, 2.24) is 0 Å². The first-order valence-corrected chi connectivity index (χ1v) is 5.93. The maximum absolute atomic E-state index is 13.6. The summed E-state index contributed by atoms with van der Waals surface area (Å²) in [6.45, 7) is 0. The molecule has 0 aliphatic carbocycles. The van der Waals surface area contributed by atoms with Crippen molar-refractivity contribution in [1.29, 1.82) is 0 Å². The molecule has 0 fully saturated rings. The third-order valence-electron chi connectivity index (χ3n) is 2.60. The van der Waals surface area contributed by atoms with E-state index in [0.29, 0.717) is 0 Å². The molecule has 2 atom stereocenters. The summed E-state index contributed by atoms with van der Waals surface area (Å²) in [5.74, 6) is -10.6. The molecule has 0 bridgehead atoms. The van der Waals surface area contributed by atoms with E-state index in [1.165, 1.54) is 0 Å². The zero-order valence-corrected chi connectivity index (χ0v) is 10.7. The second kappa shape index (κ2) is 6.42. The van der Waals surface area contributed by atoms with Crippen molar-refractivity contribution in [2.75, 3.05) is 5.75 Å². The molecular formula is C11H10F4O4S. The van der Waals surface area contributed by atoms with Crippen LogP contribution in [-0.2, 0) is 0 Å². The van der Waals surface area contributed by atoms with Crippen LogP contribution in [0.15, 0.2) is 0 Å². The van der Waals surface area contributed by atoms with Gasteiger partial charge in [0.25, 0.3) is 0 Å². The molecule has 0 saturated carbocycles. The van der Waals surface area contributed by atoms with Crippen LogP contribution in [0.4, 0.5) is 17.6 Å². The fraction of sp³-hybridized carbons (Fsp3) is 0.364. The van der Waals surface area contributed by atoms with Crippen LogP contribution in [0, 0.1) is 23.3 Å². The quantitative estimate of drug-likeness (QED) is 0.379. The second-order valence-corrected chi connectivity index (χ2v) is 4.32. The van der Waals surface area contributed by atoms with Gasteiger partial charge in [0.05, 0.1) is 11.7 Å². The van der Waals surface area contributed by atoms with E-state index in [2.05, 4.69) is 12.6 Å². The average molecular weight is 314 g/mol. The number of aliphatic hydroxyl groups is 2. The lowest BCUT2D eigenvalue weighted by Crippen LogP contribution is -2.23. The summed E-state index contributed by atoms with van der Waals surface area (Å²) in [7, 11) is 0. The number of hydrogen-bond acceptors (Lipinski definition) is 4. The minimum absolute atomic E-state index is 0.0413. The molecule has 0 aromatic heterocycles. The Labute approximate surface area is 116 Å². The summed E-state index contributed by atoms with van der Waals surface area (Å²) in [5.41, 5.74) is -3.26. The molecule has 0 spiro atoms. The minimum Gasteiger partial charge on any atom is -0.477 e. The van der Waals surface area contributed by atoms with Crippen LogP contribution in [0.2, 0.25) is 0 Å². The van der Waals surface area contributed by atoms with Crippen molar-refractivity contribution in [3.8, 4) is 0 Å². The number of thiol groups is 1. The first-order chi connectivity index (χ1) is 9.23. The summed E-state index contributed by atoms with van der Waals surface area (Å²) in [5, 5.41) is 27.4. The van der Waals surface area contributed by atoms with Gasteiger partial charge < -0.3 is 15.3 Å². The number of benzene rings is 1. The van der Waals surface area contributed by atoms with Crippen LogP contribution in [-0.4, -0.2) is 33.1 Å².